The molecule has 0 aliphatic rings. The van der Waals surface area contributed by atoms with Crippen LogP contribution in [0.1, 0.15) is 6.85 Å². The van der Waals surface area contributed by atoms with E-state index in [0.29, 0.717) is 16.9 Å². The minimum Gasteiger partial charge on any atom is -0.292 e. The topological polar surface area (TPSA) is 17.8 Å². The third-order valence-corrected chi connectivity index (χ3v) is 11.7. The molecule has 0 aliphatic heterocycles. The second kappa shape index (κ2) is 12.4. The van der Waals surface area contributed by atoms with Crippen LogP contribution < -0.4 is 0 Å². The SMILES string of the molecule is [2H]c1c([2H])c([2H])c(-n2c(-c3ccccc3-c3c4ccccc4c(-c4ccc5sc6ccccc6c5c4)c4cc(-c5ccccc5)ccc34)nc3ccccc32)c([2H])c1[2H]. The fraction of sp³-hybridized carbons (Fsp3) is 0. The number of hydrogen-bond acceptors (Lipinski definition) is 2. The molecule has 0 fully saturated rings. The van der Waals surface area contributed by atoms with Gasteiger partial charge in [0.15, 0.2) is 0 Å². The standard InChI is InChI=1S/C51H32N2S/c1-3-15-33(16-4-1)34-27-29-41-44(31-34)49(35-28-30-48-43(32-35)37-19-11-14-26-47(37)54-48)38-20-7-8-21-39(38)50(41)40-22-9-10-23-42(40)51-52-45-24-12-13-25-46(45)53(51)36-17-5-2-6-18-36/h1-32H/i2D,5D,6D,17D,18D. The number of thiophene rings is 1. The molecule has 2 heterocycles. The Hall–Kier alpha value is -6.81. The molecule has 0 amide bonds. The lowest BCUT2D eigenvalue weighted by Crippen LogP contribution is -1.99. The molecule has 9 aromatic carbocycles. The van der Waals surface area contributed by atoms with Gasteiger partial charge in [0, 0.05) is 31.4 Å². The average molecular weight is 710 g/mol. The molecule has 0 saturated carbocycles. The van der Waals surface area contributed by atoms with Crippen LogP contribution >= 0.6 is 11.3 Å². The number of imidazole rings is 1. The lowest BCUT2D eigenvalue weighted by Gasteiger charge is -2.20. The Morgan fingerprint density at radius 3 is 1.93 bits per heavy atom. The van der Waals surface area contributed by atoms with Crippen LogP contribution in [0.4, 0.5) is 0 Å². The zero-order valence-electron chi connectivity index (χ0n) is 33.9. The van der Waals surface area contributed by atoms with Gasteiger partial charge in [-0.2, -0.15) is 0 Å². The summed E-state index contributed by atoms with van der Waals surface area (Å²) in [7, 11) is 0. The van der Waals surface area contributed by atoms with E-state index in [2.05, 4.69) is 115 Å². The Bertz CT molecular complexity index is 3490. The first-order valence-electron chi connectivity index (χ1n) is 20.5. The average Bonchev–Trinajstić information content (AvgIpc) is 3.85. The monoisotopic (exact) mass is 709 g/mol. The summed E-state index contributed by atoms with van der Waals surface area (Å²) in [6.45, 7) is 0. The fourth-order valence-electron chi connectivity index (χ4n) is 8.16. The van der Waals surface area contributed by atoms with Crippen LogP contribution in [0.3, 0.4) is 0 Å². The van der Waals surface area contributed by atoms with Crippen LogP contribution in [-0.4, -0.2) is 9.55 Å². The van der Waals surface area contributed by atoms with Crippen molar-refractivity contribution in [1.29, 1.82) is 0 Å². The third kappa shape index (κ3) is 4.83. The summed E-state index contributed by atoms with van der Waals surface area (Å²) in [5.41, 5.74) is 8.58. The van der Waals surface area contributed by atoms with E-state index in [-0.39, 0.29) is 17.8 Å². The normalized spacial score (nSPS) is 13.0. The molecule has 0 spiro atoms. The highest BCUT2D eigenvalue weighted by Gasteiger charge is 2.23. The van der Waals surface area contributed by atoms with Gasteiger partial charge in [0.2, 0.25) is 0 Å². The van der Waals surface area contributed by atoms with Crippen molar-refractivity contribution < 1.29 is 6.85 Å². The van der Waals surface area contributed by atoms with E-state index in [1.54, 1.807) is 4.57 Å². The van der Waals surface area contributed by atoms with Crippen molar-refractivity contribution >= 4 is 64.1 Å². The molecule has 0 saturated heterocycles. The van der Waals surface area contributed by atoms with Crippen molar-refractivity contribution in [2.24, 2.45) is 0 Å². The van der Waals surface area contributed by atoms with E-state index in [0.717, 1.165) is 60.5 Å². The van der Waals surface area contributed by atoms with Crippen LogP contribution in [-0.2, 0) is 0 Å². The number of para-hydroxylation sites is 3. The van der Waals surface area contributed by atoms with Crippen LogP contribution in [0.5, 0.6) is 0 Å². The van der Waals surface area contributed by atoms with Gasteiger partial charge in [-0.25, -0.2) is 4.98 Å². The maximum absolute atomic E-state index is 9.04. The highest BCUT2D eigenvalue weighted by Crippen LogP contribution is 2.48. The second-order valence-electron chi connectivity index (χ2n) is 13.5. The van der Waals surface area contributed by atoms with Gasteiger partial charge in [0.25, 0.3) is 0 Å². The van der Waals surface area contributed by atoms with E-state index in [1.807, 2.05) is 59.9 Å². The minimum atomic E-state index is -0.436. The van der Waals surface area contributed by atoms with Crippen LogP contribution in [0, 0.1) is 0 Å². The number of fused-ring (bicyclic) bond motifs is 6. The molecular weight excluding hydrogens is 673 g/mol. The first-order valence-corrected chi connectivity index (χ1v) is 18.8. The molecule has 54 heavy (non-hydrogen) atoms. The summed E-state index contributed by atoms with van der Waals surface area (Å²) in [5, 5.41) is 6.82. The van der Waals surface area contributed by atoms with Gasteiger partial charge in [0.05, 0.1) is 17.9 Å². The molecular formula is C51H32N2S. The molecule has 0 bridgehead atoms. The number of benzene rings is 9. The minimum absolute atomic E-state index is 0.0587. The van der Waals surface area contributed by atoms with Crippen LogP contribution in [0.2, 0.25) is 0 Å². The second-order valence-corrected chi connectivity index (χ2v) is 14.6. The van der Waals surface area contributed by atoms with E-state index in [1.165, 1.54) is 20.2 Å². The van der Waals surface area contributed by atoms with Crippen molar-refractivity contribution in [3.63, 3.8) is 0 Å². The maximum Gasteiger partial charge on any atom is 0.146 e. The number of rotatable bonds is 5. The molecule has 11 aromatic rings. The summed E-state index contributed by atoms with van der Waals surface area (Å²) < 4.78 is 47.8. The summed E-state index contributed by atoms with van der Waals surface area (Å²) in [6.07, 6.45) is 0. The predicted molar refractivity (Wildman–Crippen MR) is 231 cm³/mol. The van der Waals surface area contributed by atoms with Crippen molar-refractivity contribution in [3.05, 3.63) is 194 Å². The third-order valence-electron chi connectivity index (χ3n) is 10.5. The quantitative estimate of drug-likeness (QED) is 0.163. The highest BCUT2D eigenvalue weighted by atomic mass is 32.1. The Balaban J connectivity index is 1.25. The van der Waals surface area contributed by atoms with Gasteiger partial charge in [0.1, 0.15) is 5.82 Å². The van der Waals surface area contributed by atoms with Gasteiger partial charge >= 0.3 is 0 Å². The molecule has 0 N–H and O–H groups in total. The van der Waals surface area contributed by atoms with Crippen molar-refractivity contribution in [2.75, 3.05) is 0 Å². The predicted octanol–water partition coefficient (Wildman–Crippen LogP) is 14.4. The molecule has 2 aromatic heterocycles. The lowest BCUT2D eigenvalue weighted by molar-refractivity contribution is 1.10. The Morgan fingerprint density at radius 1 is 0.444 bits per heavy atom. The number of aromatic nitrogens is 2. The number of nitrogens with zero attached hydrogens (tertiary/aromatic N) is 2. The summed E-state index contributed by atoms with van der Waals surface area (Å²) in [6, 6.07) is 55.1. The molecule has 0 unspecified atom stereocenters. The van der Waals surface area contributed by atoms with E-state index in [9.17, 15) is 0 Å². The largest absolute Gasteiger partial charge is 0.292 e. The summed E-state index contributed by atoms with van der Waals surface area (Å²) in [5.74, 6) is 0.484. The molecule has 2 nitrogen and oxygen atoms in total. The van der Waals surface area contributed by atoms with Crippen molar-refractivity contribution in [3.8, 4) is 50.5 Å². The summed E-state index contributed by atoms with van der Waals surface area (Å²) >= 11 is 1.81. The van der Waals surface area contributed by atoms with Crippen LogP contribution in [0.25, 0.3) is 103 Å². The molecule has 252 valence electrons. The summed E-state index contributed by atoms with van der Waals surface area (Å²) in [4.78, 5) is 5.17. The lowest BCUT2D eigenvalue weighted by atomic mass is 9.83. The van der Waals surface area contributed by atoms with Crippen molar-refractivity contribution in [1.82, 2.24) is 9.55 Å². The molecule has 3 heteroatoms. The Morgan fingerprint density at radius 2 is 1.07 bits per heavy atom. The smallest absolute Gasteiger partial charge is 0.146 e. The molecule has 11 rings (SSSR count). The van der Waals surface area contributed by atoms with Gasteiger partial charge in [-0.3, -0.25) is 4.57 Å². The first-order chi connectivity index (χ1) is 28.9. The van der Waals surface area contributed by atoms with Crippen LogP contribution in [0.15, 0.2) is 194 Å². The zero-order valence-corrected chi connectivity index (χ0v) is 29.7. The maximum atomic E-state index is 9.04. The van der Waals surface area contributed by atoms with Crippen molar-refractivity contribution in [2.45, 2.75) is 0 Å². The Kier molecular flexibility index (Phi) is 5.98. The van der Waals surface area contributed by atoms with Gasteiger partial charge in [-0.1, -0.05) is 146 Å². The molecule has 0 aliphatic carbocycles. The van der Waals surface area contributed by atoms with E-state index >= 15 is 0 Å². The number of hydrogen-bond donors (Lipinski definition) is 0. The van der Waals surface area contributed by atoms with E-state index in [4.69, 9.17) is 11.8 Å². The van der Waals surface area contributed by atoms with Gasteiger partial charge in [-0.05, 0) is 103 Å². The zero-order chi connectivity index (χ0) is 39.9. The van der Waals surface area contributed by atoms with E-state index < -0.39 is 18.1 Å². The Labute approximate surface area is 323 Å². The van der Waals surface area contributed by atoms with Gasteiger partial charge < -0.3 is 0 Å². The van der Waals surface area contributed by atoms with Gasteiger partial charge in [-0.15, -0.1) is 11.3 Å². The first kappa shape index (κ1) is 26.0. The fourth-order valence-corrected chi connectivity index (χ4v) is 9.24. The highest BCUT2D eigenvalue weighted by molar-refractivity contribution is 7.25. The molecule has 0 radical (unpaired) electrons. The molecule has 0 atom stereocenters.